The van der Waals surface area contributed by atoms with Crippen molar-refractivity contribution in [2.75, 3.05) is 12.3 Å². The van der Waals surface area contributed by atoms with Gasteiger partial charge in [0.25, 0.3) is 5.91 Å². The molecular weight excluding hydrogens is 468 g/mol. The number of fused-ring (bicyclic) bond motifs is 2. The smallest absolute Gasteiger partial charge is 0.362 e. The normalized spacial score (nSPS) is 25.9. The maximum Gasteiger partial charge on any atom is 0.362 e. The number of ether oxygens (including phenoxy) is 3. The van der Waals surface area contributed by atoms with E-state index in [1.807, 2.05) is 4.72 Å². The minimum atomic E-state index is -4.42. The van der Waals surface area contributed by atoms with Gasteiger partial charge in [0.15, 0.2) is 23.5 Å². The lowest BCUT2D eigenvalue weighted by atomic mass is 10.1. The average Bonchev–Trinajstić information content (AvgIpc) is 3.44. The van der Waals surface area contributed by atoms with Crippen molar-refractivity contribution < 1.29 is 31.6 Å². The number of hydrogen-bond acceptors (Lipinski definition) is 11. The maximum absolute atomic E-state index is 12.4. The molecule has 34 heavy (non-hydrogen) atoms. The first-order chi connectivity index (χ1) is 16.1. The number of hydrogen-bond donors (Lipinski definition) is 2. The summed E-state index contributed by atoms with van der Waals surface area (Å²) in [5, 5.41) is 0. The highest BCUT2D eigenvalue weighted by Gasteiger charge is 2.56. The molecule has 4 atom stereocenters. The van der Waals surface area contributed by atoms with Crippen molar-refractivity contribution in [3.63, 3.8) is 0 Å². The summed E-state index contributed by atoms with van der Waals surface area (Å²) in [7, 11) is -4.42. The first kappa shape index (κ1) is 22.6. The predicted octanol–water partition coefficient (Wildman–Crippen LogP) is 0.517. The Hall–Kier alpha value is -3.17. The number of benzene rings is 1. The van der Waals surface area contributed by atoms with Crippen LogP contribution in [-0.2, 0) is 28.7 Å². The number of nitrogens with one attached hydrogen (secondary N) is 1. The Kier molecular flexibility index (Phi) is 5.49. The van der Waals surface area contributed by atoms with Crippen LogP contribution in [0.1, 0.15) is 30.4 Å². The van der Waals surface area contributed by atoms with Gasteiger partial charge in [0.1, 0.15) is 30.2 Å². The van der Waals surface area contributed by atoms with Gasteiger partial charge in [0, 0.05) is 5.56 Å². The van der Waals surface area contributed by atoms with E-state index in [2.05, 4.69) is 15.0 Å². The van der Waals surface area contributed by atoms with E-state index < -0.39 is 53.1 Å². The lowest BCUT2D eigenvalue weighted by Gasteiger charge is -2.24. The molecule has 2 aliphatic heterocycles. The van der Waals surface area contributed by atoms with Crippen LogP contribution in [-0.4, -0.2) is 64.5 Å². The van der Waals surface area contributed by atoms with E-state index in [1.165, 1.54) is 24.8 Å². The molecule has 4 heterocycles. The van der Waals surface area contributed by atoms with Crippen LogP contribution in [0.3, 0.4) is 0 Å². The van der Waals surface area contributed by atoms with Crippen molar-refractivity contribution in [3.05, 3.63) is 48.5 Å². The molecule has 2 aromatic heterocycles. The fourth-order valence-corrected chi connectivity index (χ4v) is 4.74. The second kappa shape index (κ2) is 8.25. The number of rotatable bonds is 6. The summed E-state index contributed by atoms with van der Waals surface area (Å²) in [5.41, 5.74) is 6.87. The highest BCUT2D eigenvalue weighted by atomic mass is 32.2. The van der Waals surface area contributed by atoms with E-state index in [4.69, 9.17) is 24.1 Å². The summed E-state index contributed by atoms with van der Waals surface area (Å²) in [6, 6.07) is 7.91. The molecule has 2 aliphatic rings. The first-order valence-electron chi connectivity index (χ1n) is 10.3. The van der Waals surface area contributed by atoms with E-state index in [9.17, 15) is 13.2 Å². The van der Waals surface area contributed by atoms with Crippen LogP contribution in [0.4, 0.5) is 5.82 Å². The van der Waals surface area contributed by atoms with Gasteiger partial charge < -0.3 is 19.9 Å². The van der Waals surface area contributed by atoms with Crippen molar-refractivity contribution in [1.29, 1.82) is 0 Å². The number of nitrogen functional groups attached to an aromatic ring is 1. The monoisotopic (exact) mass is 490 g/mol. The van der Waals surface area contributed by atoms with Crippen molar-refractivity contribution in [3.8, 4) is 0 Å². The van der Waals surface area contributed by atoms with Crippen molar-refractivity contribution in [2.24, 2.45) is 0 Å². The number of carbonyl (C=O) groups is 1. The minimum absolute atomic E-state index is 0.175. The molecule has 0 spiro atoms. The Morgan fingerprint density at radius 3 is 2.68 bits per heavy atom. The summed E-state index contributed by atoms with van der Waals surface area (Å²) < 4.78 is 51.4. The standard InChI is InChI=1S/C20H22N6O7S/c1-20(2)32-14-12(8-30-34(28,29)25-18(27)11-6-4-3-5-7-11)31-19(15(14)33-20)26-10-24-13-16(21)22-9-23-17(13)26/h3-7,9-10,12,14-15,19H,8H2,1-2H3,(H,25,27)(H2,21,22,23)/t12-,14+,15?,19-/m1/s1. The molecule has 2 saturated heterocycles. The number of amides is 1. The minimum Gasteiger partial charge on any atom is -0.382 e. The van der Waals surface area contributed by atoms with Gasteiger partial charge >= 0.3 is 10.3 Å². The van der Waals surface area contributed by atoms with E-state index in [-0.39, 0.29) is 11.4 Å². The third kappa shape index (κ3) is 4.21. The fraction of sp³-hybridized carbons (Fsp3) is 0.400. The van der Waals surface area contributed by atoms with Crippen LogP contribution in [0, 0.1) is 0 Å². The molecule has 0 saturated carbocycles. The number of nitrogens with zero attached hydrogens (tertiary/aromatic N) is 4. The van der Waals surface area contributed by atoms with Gasteiger partial charge in [-0.2, -0.15) is 8.42 Å². The van der Waals surface area contributed by atoms with Crippen LogP contribution in [0.2, 0.25) is 0 Å². The van der Waals surface area contributed by atoms with Gasteiger partial charge in [0.2, 0.25) is 0 Å². The molecule has 1 unspecified atom stereocenters. The Labute approximate surface area is 194 Å². The molecule has 1 amide bonds. The molecular formula is C20H22N6O7S. The molecule has 3 N–H and O–H groups in total. The van der Waals surface area contributed by atoms with Gasteiger partial charge in [-0.1, -0.05) is 18.2 Å². The van der Waals surface area contributed by atoms with Crippen LogP contribution in [0.5, 0.6) is 0 Å². The Balaban J connectivity index is 1.34. The highest BCUT2D eigenvalue weighted by Crippen LogP contribution is 2.44. The quantitative estimate of drug-likeness (QED) is 0.494. The molecule has 0 radical (unpaired) electrons. The van der Waals surface area contributed by atoms with Gasteiger partial charge in [-0.3, -0.25) is 13.5 Å². The summed E-state index contributed by atoms with van der Waals surface area (Å²) >= 11 is 0. The second-order valence-corrected chi connectivity index (χ2v) is 9.60. The summed E-state index contributed by atoms with van der Waals surface area (Å²) in [6.07, 6.45) is -0.0546. The summed E-state index contributed by atoms with van der Waals surface area (Å²) in [6.45, 7) is 3.06. The predicted molar refractivity (Wildman–Crippen MR) is 116 cm³/mol. The zero-order valence-electron chi connectivity index (χ0n) is 18.2. The molecule has 180 valence electrons. The largest absolute Gasteiger partial charge is 0.382 e. The number of anilines is 1. The first-order valence-corrected chi connectivity index (χ1v) is 11.7. The fourth-order valence-electron chi connectivity index (χ4n) is 4.02. The number of imidazole rings is 1. The molecule has 3 aromatic rings. The van der Waals surface area contributed by atoms with Crippen LogP contribution >= 0.6 is 0 Å². The molecule has 0 bridgehead atoms. The van der Waals surface area contributed by atoms with Crippen molar-refractivity contribution in [2.45, 2.75) is 44.2 Å². The van der Waals surface area contributed by atoms with Gasteiger partial charge in [0.05, 0.1) is 12.9 Å². The Morgan fingerprint density at radius 1 is 1.18 bits per heavy atom. The van der Waals surface area contributed by atoms with Crippen molar-refractivity contribution >= 4 is 33.2 Å². The number of carbonyl (C=O) groups excluding carboxylic acids is 1. The van der Waals surface area contributed by atoms with Gasteiger partial charge in [-0.25, -0.2) is 19.7 Å². The Morgan fingerprint density at radius 2 is 1.91 bits per heavy atom. The molecule has 0 aliphatic carbocycles. The van der Waals surface area contributed by atoms with E-state index in [0.717, 1.165) is 0 Å². The summed E-state index contributed by atoms with van der Waals surface area (Å²) in [4.78, 5) is 24.6. The number of nitrogens with two attached hydrogens (primary N) is 1. The average molecular weight is 490 g/mol. The Bertz CT molecular complexity index is 1330. The second-order valence-electron chi connectivity index (χ2n) is 8.25. The summed E-state index contributed by atoms with van der Waals surface area (Å²) in [5.74, 6) is -1.55. The van der Waals surface area contributed by atoms with Crippen LogP contribution < -0.4 is 10.5 Å². The third-order valence-electron chi connectivity index (χ3n) is 5.43. The van der Waals surface area contributed by atoms with Crippen LogP contribution in [0.25, 0.3) is 11.2 Å². The number of aromatic nitrogens is 4. The van der Waals surface area contributed by atoms with Crippen LogP contribution in [0.15, 0.2) is 43.0 Å². The molecule has 1 aromatic carbocycles. The van der Waals surface area contributed by atoms with E-state index >= 15 is 0 Å². The van der Waals surface area contributed by atoms with E-state index in [1.54, 1.807) is 36.6 Å². The van der Waals surface area contributed by atoms with E-state index in [0.29, 0.717) is 11.2 Å². The zero-order chi connectivity index (χ0) is 24.1. The van der Waals surface area contributed by atoms with Gasteiger partial charge in [-0.15, -0.1) is 0 Å². The van der Waals surface area contributed by atoms with Gasteiger partial charge in [-0.05, 0) is 26.0 Å². The lowest BCUT2D eigenvalue weighted by molar-refractivity contribution is -0.198. The highest BCUT2D eigenvalue weighted by molar-refractivity contribution is 7.85. The SMILES string of the molecule is CC1(C)OC2[C@@H](O1)[C@@H](COS(=O)(=O)NC(=O)c1ccccc1)O[C@H]2n1cnc2c(N)ncnc21. The van der Waals surface area contributed by atoms with Crippen molar-refractivity contribution in [1.82, 2.24) is 24.2 Å². The molecule has 13 nitrogen and oxygen atoms in total. The topological polar surface area (TPSA) is 170 Å². The lowest BCUT2D eigenvalue weighted by Crippen LogP contribution is -2.37. The molecule has 2 fully saturated rings. The zero-order valence-corrected chi connectivity index (χ0v) is 19.0. The maximum atomic E-state index is 12.4. The molecule has 5 rings (SSSR count). The molecule has 14 heteroatoms. The third-order valence-corrected chi connectivity index (χ3v) is 6.31.